The number of hydrogen-bond acceptors (Lipinski definition) is 4. The molecule has 2 aromatic carbocycles. The number of phenols is 2. The average molecular weight is 517 g/mol. The Bertz CT molecular complexity index is 1100. The first kappa shape index (κ1) is 31.0. The van der Waals surface area contributed by atoms with Crippen molar-refractivity contribution in [3.8, 4) is 35.4 Å². The van der Waals surface area contributed by atoms with Crippen LogP contribution in [0.5, 0.6) is 11.5 Å². The monoisotopic (exact) mass is 516 g/mol. The fourth-order valence-electron chi connectivity index (χ4n) is 4.32. The summed E-state index contributed by atoms with van der Waals surface area (Å²) in [5.74, 6) is 7.05. The molecule has 4 N–H and O–H groups in total. The largest absolute Gasteiger partial charge is 0.507 e. The molecule has 2 rings (SSSR count). The molecule has 4 nitrogen and oxygen atoms in total. The van der Waals surface area contributed by atoms with Gasteiger partial charge in [-0.05, 0) is 55.0 Å². The molecule has 38 heavy (non-hydrogen) atoms. The van der Waals surface area contributed by atoms with Gasteiger partial charge in [0.15, 0.2) is 0 Å². The fourth-order valence-corrected chi connectivity index (χ4v) is 4.32. The van der Waals surface area contributed by atoms with E-state index in [-0.39, 0.29) is 21.7 Å². The summed E-state index contributed by atoms with van der Waals surface area (Å²) in [5, 5.41) is 21.8. The third-order valence-electron chi connectivity index (χ3n) is 6.52. The number of hydrogen-bond donors (Lipinski definition) is 4. The van der Waals surface area contributed by atoms with Crippen LogP contribution < -0.4 is 10.9 Å². The molecule has 0 saturated heterocycles. The van der Waals surface area contributed by atoms with Crippen LogP contribution in [0, 0.1) is 23.9 Å². The van der Waals surface area contributed by atoms with E-state index in [2.05, 4.69) is 142 Å². The smallest absolute Gasteiger partial charge is 0.123 e. The van der Waals surface area contributed by atoms with Crippen molar-refractivity contribution in [1.29, 1.82) is 0 Å². The summed E-state index contributed by atoms with van der Waals surface area (Å²) in [5.41, 5.74) is 11.0. The molecule has 0 bridgehead atoms. The van der Waals surface area contributed by atoms with Gasteiger partial charge in [-0.2, -0.15) is 0 Å². The minimum atomic E-state index is -0.165. The molecule has 0 unspecified atom stereocenters. The van der Waals surface area contributed by atoms with Crippen molar-refractivity contribution in [2.75, 3.05) is 0 Å². The number of phenolic OH excluding ortho intramolecular Hbond substituents is 2. The van der Waals surface area contributed by atoms with Crippen LogP contribution in [0.2, 0.25) is 0 Å². The number of aromatic hydroxyl groups is 2. The Hall–Kier alpha value is -3.24. The highest BCUT2D eigenvalue weighted by Crippen LogP contribution is 2.41. The second-order valence-electron chi connectivity index (χ2n) is 14.3. The van der Waals surface area contributed by atoms with Crippen molar-refractivity contribution in [2.45, 2.75) is 118 Å². The van der Waals surface area contributed by atoms with E-state index in [1.807, 2.05) is 0 Å². The molecule has 4 heteroatoms. The molecule has 0 fully saturated rings. The van der Waals surface area contributed by atoms with Crippen molar-refractivity contribution in [3.05, 3.63) is 57.6 Å². The van der Waals surface area contributed by atoms with Gasteiger partial charge in [-0.3, -0.25) is 10.9 Å². The van der Waals surface area contributed by atoms with Gasteiger partial charge in [0, 0.05) is 24.9 Å². The molecule has 206 valence electrons. The van der Waals surface area contributed by atoms with E-state index < -0.39 is 0 Å². The summed E-state index contributed by atoms with van der Waals surface area (Å²) in [7, 11) is 0. The van der Waals surface area contributed by atoms with Gasteiger partial charge in [-0.25, -0.2) is 0 Å². The molecule has 0 aliphatic heterocycles. The minimum absolute atomic E-state index is 0.165. The fraction of sp³-hybridized carbons (Fsp3) is 0.529. The quantitative estimate of drug-likeness (QED) is 0.152. The van der Waals surface area contributed by atoms with Gasteiger partial charge < -0.3 is 10.2 Å². The Balaban J connectivity index is 2.11. The molecule has 0 aliphatic carbocycles. The maximum Gasteiger partial charge on any atom is 0.123 e. The number of hydrazine groups is 1. The zero-order chi connectivity index (χ0) is 29.1. The summed E-state index contributed by atoms with van der Waals surface area (Å²) in [6, 6.07) is 14.1. The lowest BCUT2D eigenvalue weighted by Crippen LogP contribution is -2.21. The van der Waals surface area contributed by atoms with Crippen LogP contribution >= 0.6 is 0 Å². The summed E-state index contributed by atoms with van der Waals surface area (Å²) < 4.78 is 0. The molecule has 0 aromatic heterocycles. The van der Waals surface area contributed by atoms with Gasteiger partial charge in [0.05, 0.1) is 0 Å². The lowest BCUT2D eigenvalue weighted by atomic mass is 9.78. The third kappa shape index (κ3) is 8.13. The number of rotatable bonds is 3. The molecular weight excluding hydrogens is 468 g/mol. The molecule has 0 spiro atoms. The van der Waals surface area contributed by atoms with Crippen LogP contribution in [0.3, 0.4) is 0 Å². The predicted octanol–water partition coefficient (Wildman–Crippen LogP) is 7.09. The Kier molecular flexibility index (Phi) is 9.17. The van der Waals surface area contributed by atoms with Crippen LogP contribution in [0.25, 0.3) is 0 Å². The van der Waals surface area contributed by atoms with Gasteiger partial charge in [0.2, 0.25) is 0 Å². The topological polar surface area (TPSA) is 64.5 Å². The standard InChI is InChI=1S/C34H48N2O2/c1-31(2,3)25-19-23(20-26(29(25)37)32(4,5)6)15-13-17-35-36-18-14-16-24-21-27(33(7,8)9)30(38)28(22-24)34(10,11)12/h19-22,35-38H,15-16H2,1-12H3. The maximum absolute atomic E-state index is 10.9. The van der Waals surface area contributed by atoms with Gasteiger partial charge >= 0.3 is 0 Å². The second-order valence-corrected chi connectivity index (χ2v) is 14.3. The molecule has 0 heterocycles. The Morgan fingerprint density at radius 1 is 0.500 bits per heavy atom. The van der Waals surface area contributed by atoms with Gasteiger partial charge in [0.1, 0.15) is 11.5 Å². The van der Waals surface area contributed by atoms with E-state index in [0.717, 1.165) is 33.4 Å². The van der Waals surface area contributed by atoms with E-state index in [1.165, 1.54) is 0 Å². The van der Waals surface area contributed by atoms with Gasteiger partial charge in [-0.15, -0.1) is 0 Å². The van der Waals surface area contributed by atoms with Crippen molar-refractivity contribution in [1.82, 2.24) is 10.9 Å². The average Bonchev–Trinajstić information content (AvgIpc) is 2.74. The molecular formula is C34H48N2O2. The van der Waals surface area contributed by atoms with Crippen molar-refractivity contribution in [3.63, 3.8) is 0 Å². The Morgan fingerprint density at radius 2 is 0.737 bits per heavy atom. The highest BCUT2D eigenvalue weighted by Gasteiger charge is 2.27. The second kappa shape index (κ2) is 11.2. The van der Waals surface area contributed by atoms with E-state index in [0.29, 0.717) is 24.3 Å². The third-order valence-corrected chi connectivity index (χ3v) is 6.52. The zero-order valence-corrected chi connectivity index (χ0v) is 25.6. The minimum Gasteiger partial charge on any atom is -0.507 e. The summed E-state index contributed by atoms with van der Waals surface area (Å²) in [6.45, 7) is 25.3. The predicted molar refractivity (Wildman–Crippen MR) is 160 cm³/mol. The highest BCUT2D eigenvalue weighted by molar-refractivity contribution is 5.51. The van der Waals surface area contributed by atoms with Crippen molar-refractivity contribution >= 4 is 0 Å². The zero-order valence-electron chi connectivity index (χ0n) is 25.6. The number of nitrogens with one attached hydrogen (secondary N) is 2. The van der Waals surface area contributed by atoms with E-state index in [1.54, 1.807) is 0 Å². The molecule has 0 saturated carbocycles. The normalized spacial score (nSPS) is 12.2. The van der Waals surface area contributed by atoms with E-state index in [4.69, 9.17) is 0 Å². The van der Waals surface area contributed by atoms with Crippen LogP contribution in [-0.4, -0.2) is 10.2 Å². The molecule has 0 amide bonds. The van der Waals surface area contributed by atoms with Crippen LogP contribution in [-0.2, 0) is 34.5 Å². The molecule has 0 aliphatic rings. The van der Waals surface area contributed by atoms with E-state index in [9.17, 15) is 10.2 Å². The first-order valence-corrected chi connectivity index (χ1v) is 13.4. The summed E-state index contributed by atoms with van der Waals surface area (Å²) in [6.07, 6.45) is 1.13. The molecule has 2 aromatic rings. The van der Waals surface area contributed by atoms with Crippen molar-refractivity contribution < 1.29 is 10.2 Å². The maximum atomic E-state index is 10.9. The lowest BCUT2D eigenvalue weighted by Gasteiger charge is -2.28. The molecule has 0 atom stereocenters. The number of benzene rings is 2. The van der Waals surface area contributed by atoms with Gasteiger partial charge in [0.25, 0.3) is 0 Å². The summed E-state index contributed by atoms with van der Waals surface area (Å²) >= 11 is 0. The van der Waals surface area contributed by atoms with Crippen LogP contribution in [0.1, 0.15) is 116 Å². The first-order valence-electron chi connectivity index (χ1n) is 13.4. The van der Waals surface area contributed by atoms with Crippen LogP contribution in [0.15, 0.2) is 24.3 Å². The van der Waals surface area contributed by atoms with Crippen molar-refractivity contribution in [2.24, 2.45) is 0 Å². The summed E-state index contributed by atoms with van der Waals surface area (Å²) in [4.78, 5) is 0. The first-order chi connectivity index (χ1) is 17.2. The highest BCUT2D eigenvalue weighted by atomic mass is 16.3. The van der Waals surface area contributed by atoms with E-state index >= 15 is 0 Å². The SMILES string of the molecule is CC(C)(C)c1cc(CC#CNNC#CCc2cc(C(C)(C)C)c(O)c(C(C)(C)C)c2)cc(C(C)(C)C)c1O. The molecule has 0 radical (unpaired) electrons. The lowest BCUT2D eigenvalue weighted by molar-refractivity contribution is 0.422. The van der Waals surface area contributed by atoms with Gasteiger partial charge in [-0.1, -0.05) is 119 Å². The Morgan fingerprint density at radius 3 is 0.947 bits per heavy atom. The Labute approximate surface area is 231 Å². The van der Waals surface area contributed by atoms with Crippen LogP contribution in [0.4, 0.5) is 0 Å².